The third kappa shape index (κ3) is 2.82. The summed E-state index contributed by atoms with van der Waals surface area (Å²) in [5, 5.41) is 5.13. The zero-order valence-electron chi connectivity index (χ0n) is 11.5. The molecular formula is C15H9BrN2O4S. The van der Waals surface area contributed by atoms with Gasteiger partial charge in [0.25, 0.3) is 5.91 Å². The Hall–Kier alpha value is -2.32. The highest BCUT2D eigenvalue weighted by Gasteiger charge is 2.16. The highest BCUT2D eigenvalue weighted by molar-refractivity contribution is 9.10. The number of thiazole rings is 1. The molecule has 1 aliphatic rings. The van der Waals surface area contributed by atoms with E-state index in [0.717, 1.165) is 17.0 Å². The second kappa shape index (κ2) is 5.71. The number of halogens is 1. The minimum absolute atomic E-state index is 0.234. The molecule has 1 aliphatic heterocycles. The van der Waals surface area contributed by atoms with E-state index in [0.29, 0.717) is 21.1 Å². The molecule has 6 nitrogen and oxygen atoms in total. The number of hydrogen-bond donors (Lipinski definition) is 1. The number of fused-ring (bicyclic) bond motifs is 1. The predicted molar refractivity (Wildman–Crippen MR) is 88.0 cm³/mol. The fourth-order valence-electron chi connectivity index (χ4n) is 2.12. The van der Waals surface area contributed by atoms with Crippen LogP contribution in [0.15, 0.2) is 45.0 Å². The van der Waals surface area contributed by atoms with E-state index in [1.807, 2.05) is 23.6 Å². The van der Waals surface area contributed by atoms with Gasteiger partial charge in [-0.1, -0.05) is 0 Å². The Morgan fingerprint density at radius 1 is 1.26 bits per heavy atom. The molecule has 2 aromatic heterocycles. The zero-order valence-corrected chi connectivity index (χ0v) is 13.9. The lowest BCUT2D eigenvalue weighted by molar-refractivity contribution is 0.102. The van der Waals surface area contributed by atoms with Gasteiger partial charge in [0.05, 0.1) is 11.3 Å². The lowest BCUT2D eigenvalue weighted by atomic mass is 10.1. The molecule has 116 valence electrons. The van der Waals surface area contributed by atoms with E-state index >= 15 is 0 Å². The van der Waals surface area contributed by atoms with Crippen molar-refractivity contribution in [3.05, 3.63) is 46.1 Å². The van der Waals surface area contributed by atoms with E-state index in [4.69, 9.17) is 13.9 Å². The van der Waals surface area contributed by atoms with Gasteiger partial charge in [0.2, 0.25) is 6.79 Å². The molecule has 0 atom stereocenters. The fraction of sp³-hybridized carbons (Fsp3) is 0.0667. The summed E-state index contributed by atoms with van der Waals surface area (Å²) < 4.78 is 16.2. The van der Waals surface area contributed by atoms with Crippen LogP contribution in [-0.2, 0) is 0 Å². The van der Waals surface area contributed by atoms with Crippen LogP contribution < -0.4 is 14.8 Å². The quantitative estimate of drug-likeness (QED) is 0.724. The van der Waals surface area contributed by atoms with Crippen molar-refractivity contribution in [2.75, 3.05) is 12.1 Å². The number of anilines is 1. The summed E-state index contributed by atoms with van der Waals surface area (Å²) in [5.74, 6) is 1.15. The number of nitrogens with one attached hydrogen (secondary N) is 1. The first-order chi connectivity index (χ1) is 11.2. The van der Waals surface area contributed by atoms with E-state index in [1.165, 1.54) is 17.6 Å². The van der Waals surface area contributed by atoms with Crippen LogP contribution in [0.25, 0.3) is 11.3 Å². The van der Waals surface area contributed by atoms with Crippen LogP contribution in [-0.4, -0.2) is 17.7 Å². The second-order valence-electron chi connectivity index (χ2n) is 4.70. The summed E-state index contributed by atoms with van der Waals surface area (Å²) in [6.07, 6.45) is 1.38. The van der Waals surface area contributed by atoms with Gasteiger partial charge in [-0.25, -0.2) is 4.98 Å². The van der Waals surface area contributed by atoms with Crippen molar-refractivity contribution in [1.82, 2.24) is 4.98 Å². The minimum Gasteiger partial charge on any atom is -0.457 e. The predicted octanol–water partition coefficient (Wildman–Crippen LogP) is 4.15. The molecule has 0 aliphatic carbocycles. The van der Waals surface area contributed by atoms with Crippen LogP contribution in [0.4, 0.5) is 5.13 Å². The average Bonchev–Trinajstić information content (AvgIpc) is 3.26. The zero-order chi connectivity index (χ0) is 15.8. The first-order valence-corrected chi connectivity index (χ1v) is 8.27. The number of furan rings is 1. The molecule has 4 rings (SSSR count). The van der Waals surface area contributed by atoms with Crippen molar-refractivity contribution >= 4 is 38.3 Å². The van der Waals surface area contributed by atoms with Crippen LogP contribution in [0.3, 0.4) is 0 Å². The smallest absolute Gasteiger partial charge is 0.260 e. The summed E-state index contributed by atoms with van der Waals surface area (Å²) in [7, 11) is 0. The van der Waals surface area contributed by atoms with Gasteiger partial charge in [-0.05, 0) is 34.1 Å². The maximum Gasteiger partial charge on any atom is 0.260 e. The Balaban J connectivity index is 1.54. The number of rotatable bonds is 3. The van der Waals surface area contributed by atoms with Crippen LogP contribution in [0.1, 0.15) is 10.4 Å². The molecule has 0 spiro atoms. The number of ether oxygens (including phenoxy) is 2. The molecule has 8 heteroatoms. The molecule has 23 heavy (non-hydrogen) atoms. The Bertz CT molecular complexity index is 889. The molecule has 0 radical (unpaired) electrons. The average molecular weight is 393 g/mol. The summed E-state index contributed by atoms with van der Waals surface area (Å²) >= 11 is 4.51. The molecule has 0 unspecified atom stereocenters. The number of nitrogens with zero attached hydrogens (tertiary/aromatic N) is 1. The highest BCUT2D eigenvalue weighted by atomic mass is 79.9. The van der Waals surface area contributed by atoms with E-state index in [-0.39, 0.29) is 12.7 Å². The topological polar surface area (TPSA) is 73.6 Å². The molecule has 1 N–H and O–H groups in total. The standard InChI is InChI=1S/C15H9BrN2O4S/c16-13-4-9(5-20-13)14(19)18-15-17-10(6-23-15)8-1-2-11-12(3-8)22-7-21-11/h1-6H,7H2,(H,17,18,19). The van der Waals surface area contributed by atoms with Gasteiger partial charge in [0.1, 0.15) is 6.26 Å². The molecule has 0 saturated heterocycles. The van der Waals surface area contributed by atoms with Crippen molar-refractivity contribution < 1.29 is 18.7 Å². The van der Waals surface area contributed by atoms with Crippen LogP contribution in [0.2, 0.25) is 0 Å². The maximum atomic E-state index is 12.1. The summed E-state index contributed by atoms with van der Waals surface area (Å²) in [5.41, 5.74) is 2.09. The normalized spacial score (nSPS) is 12.4. The number of amides is 1. The summed E-state index contributed by atoms with van der Waals surface area (Å²) in [4.78, 5) is 16.5. The van der Waals surface area contributed by atoms with Gasteiger partial charge >= 0.3 is 0 Å². The van der Waals surface area contributed by atoms with Gasteiger partial charge in [0, 0.05) is 17.0 Å². The molecule has 3 aromatic rings. The van der Waals surface area contributed by atoms with Crippen molar-refractivity contribution in [3.63, 3.8) is 0 Å². The largest absolute Gasteiger partial charge is 0.457 e. The van der Waals surface area contributed by atoms with Crippen molar-refractivity contribution in [2.24, 2.45) is 0 Å². The number of aromatic nitrogens is 1. The van der Waals surface area contributed by atoms with Crippen LogP contribution in [0, 0.1) is 0 Å². The Morgan fingerprint density at radius 2 is 2.13 bits per heavy atom. The number of carbonyl (C=O) groups is 1. The molecule has 3 heterocycles. The van der Waals surface area contributed by atoms with E-state index in [1.54, 1.807) is 6.07 Å². The molecular weight excluding hydrogens is 384 g/mol. The number of hydrogen-bond acceptors (Lipinski definition) is 6. The number of benzene rings is 1. The van der Waals surface area contributed by atoms with E-state index in [2.05, 4.69) is 26.2 Å². The van der Waals surface area contributed by atoms with Gasteiger partial charge in [-0.15, -0.1) is 11.3 Å². The van der Waals surface area contributed by atoms with Crippen molar-refractivity contribution in [2.45, 2.75) is 0 Å². The highest BCUT2D eigenvalue weighted by Crippen LogP contribution is 2.36. The fourth-order valence-corrected chi connectivity index (χ4v) is 3.17. The first kappa shape index (κ1) is 14.3. The SMILES string of the molecule is O=C(Nc1nc(-c2ccc3c(c2)OCO3)cs1)c1coc(Br)c1. The van der Waals surface area contributed by atoms with Crippen LogP contribution in [0.5, 0.6) is 11.5 Å². The van der Waals surface area contributed by atoms with Crippen molar-refractivity contribution in [1.29, 1.82) is 0 Å². The van der Waals surface area contributed by atoms with Gasteiger partial charge in [-0.2, -0.15) is 0 Å². The Kier molecular flexibility index (Phi) is 3.55. The maximum absolute atomic E-state index is 12.1. The molecule has 0 saturated carbocycles. The van der Waals surface area contributed by atoms with E-state index in [9.17, 15) is 4.79 Å². The Morgan fingerprint density at radius 3 is 2.96 bits per heavy atom. The first-order valence-electron chi connectivity index (χ1n) is 6.60. The molecule has 1 aromatic carbocycles. The minimum atomic E-state index is -0.272. The van der Waals surface area contributed by atoms with Gasteiger partial charge in [0.15, 0.2) is 21.3 Å². The van der Waals surface area contributed by atoms with Gasteiger partial charge in [-0.3, -0.25) is 10.1 Å². The lowest BCUT2D eigenvalue weighted by Crippen LogP contribution is -2.10. The third-order valence-corrected chi connectivity index (χ3v) is 4.40. The third-order valence-electron chi connectivity index (χ3n) is 3.22. The summed E-state index contributed by atoms with van der Waals surface area (Å²) in [6.45, 7) is 0.234. The molecule has 1 amide bonds. The summed E-state index contributed by atoms with van der Waals surface area (Å²) in [6, 6.07) is 7.22. The van der Waals surface area contributed by atoms with Gasteiger partial charge < -0.3 is 13.9 Å². The second-order valence-corrected chi connectivity index (χ2v) is 6.34. The Labute approximate surface area is 143 Å². The van der Waals surface area contributed by atoms with Crippen molar-refractivity contribution in [3.8, 4) is 22.8 Å². The molecule has 0 bridgehead atoms. The monoisotopic (exact) mass is 392 g/mol. The lowest BCUT2D eigenvalue weighted by Gasteiger charge is -2.00. The number of carbonyl (C=O) groups excluding carboxylic acids is 1. The van der Waals surface area contributed by atoms with Crippen LogP contribution >= 0.6 is 27.3 Å². The van der Waals surface area contributed by atoms with E-state index < -0.39 is 0 Å². The molecule has 0 fully saturated rings.